The molecule has 1 aromatic carbocycles. The van der Waals surface area contributed by atoms with Gasteiger partial charge in [0.05, 0.1) is 5.69 Å². The van der Waals surface area contributed by atoms with E-state index in [2.05, 4.69) is 4.98 Å². The van der Waals surface area contributed by atoms with Gasteiger partial charge in [-0.3, -0.25) is 4.98 Å². The minimum absolute atomic E-state index is 0.0442. The summed E-state index contributed by atoms with van der Waals surface area (Å²) in [5, 5.41) is 9.12. The van der Waals surface area contributed by atoms with Gasteiger partial charge in [-0.15, -0.1) is 0 Å². The van der Waals surface area contributed by atoms with Crippen LogP contribution in [-0.2, 0) is 0 Å². The predicted molar refractivity (Wildman–Crippen MR) is 71.1 cm³/mol. The number of hydrogen-bond donors (Lipinski definition) is 2. The van der Waals surface area contributed by atoms with Gasteiger partial charge >= 0.3 is 5.97 Å². The van der Waals surface area contributed by atoms with Crippen LogP contribution in [0.3, 0.4) is 0 Å². The first-order valence-corrected chi connectivity index (χ1v) is 5.78. The maximum atomic E-state index is 11.1. The van der Waals surface area contributed by atoms with E-state index in [9.17, 15) is 4.79 Å². The third-order valence-corrected chi connectivity index (χ3v) is 2.64. The lowest BCUT2D eigenvalue weighted by Crippen LogP contribution is -2.09. The number of nitrogens with zero attached hydrogens (tertiary/aromatic N) is 1. The van der Waals surface area contributed by atoms with E-state index in [1.54, 1.807) is 18.3 Å². The average molecular weight is 258 g/mol. The maximum Gasteiger partial charge on any atom is 0.339 e. The van der Waals surface area contributed by atoms with Gasteiger partial charge in [-0.1, -0.05) is 6.07 Å². The van der Waals surface area contributed by atoms with Crippen molar-refractivity contribution in [1.82, 2.24) is 4.98 Å². The lowest BCUT2D eigenvalue weighted by atomic mass is 10.1. The number of benzene rings is 1. The average Bonchev–Trinajstić information content (AvgIpc) is 2.41. The molecule has 0 fully saturated rings. The molecule has 2 rings (SSSR count). The third kappa shape index (κ3) is 3.01. The first-order chi connectivity index (χ1) is 9.08. The number of aromatic carboxylic acids is 1. The molecule has 3 N–H and O–H groups in total. The Morgan fingerprint density at radius 1 is 1.37 bits per heavy atom. The summed E-state index contributed by atoms with van der Waals surface area (Å²) in [5.74, 6) is -0.796. The van der Waals surface area contributed by atoms with Crippen molar-refractivity contribution in [2.75, 3.05) is 5.73 Å². The molecular weight excluding hydrogens is 244 g/mol. The molecule has 0 bridgehead atoms. The molecule has 19 heavy (non-hydrogen) atoms. The molecule has 0 aliphatic carbocycles. The highest BCUT2D eigenvalue weighted by Crippen LogP contribution is 2.26. The summed E-state index contributed by atoms with van der Waals surface area (Å²) in [5.41, 5.74) is 6.74. The Bertz CT molecular complexity index is 584. The number of anilines is 1. The number of aromatic nitrogens is 1. The van der Waals surface area contributed by atoms with E-state index >= 15 is 0 Å². The smallest absolute Gasteiger partial charge is 0.339 e. The topological polar surface area (TPSA) is 85.4 Å². The zero-order chi connectivity index (χ0) is 13.8. The van der Waals surface area contributed by atoms with Crippen LogP contribution in [0.15, 0.2) is 42.6 Å². The first kappa shape index (κ1) is 12.9. The van der Waals surface area contributed by atoms with Crippen LogP contribution in [0.2, 0.25) is 0 Å². The molecular formula is C14H14N2O3. The monoisotopic (exact) mass is 258 g/mol. The zero-order valence-electron chi connectivity index (χ0n) is 10.4. The van der Waals surface area contributed by atoms with Gasteiger partial charge < -0.3 is 15.6 Å². The van der Waals surface area contributed by atoms with Gasteiger partial charge in [0, 0.05) is 11.9 Å². The van der Waals surface area contributed by atoms with Gasteiger partial charge in [0.15, 0.2) is 0 Å². The molecule has 0 amide bonds. The third-order valence-electron chi connectivity index (χ3n) is 2.64. The number of carbonyl (C=O) groups is 1. The van der Waals surface area contributed by atoms with Crippen molar-refractivity contribution in [3.8, 4) is 5.75 Å². The zero-order valence-corrected chi connectivity index (χ0v) is 10.4. The molecule has 1 heterocycles. The standard InChI is InChI=1S/C14H14N2O3/c1-9(12-4-2-3-7-16-12)19-13-6-5-10(15)8-11(13)14(17)18/h2-9H,15H2,1H3,(H,17,18). The van der Waals surface area contributed by atoms with E-state index in [0.29, 0.717) is 5.69 Å². The van der Waals surface area contributed by atoms with Crippen LogP contribution in [0.5, 0.6) is 5.75 Å². The molecule has 0 aliphatic rings. The van der Waals surface area contributed by atoms with Gasteiger partial charge in [-0.2, -0.15) is 0 Å². The second-order valence-electron chi connectivity index (χ2n) is 4.08. The summed E-state index contributed by atoms with van der Waals surface area (Å²) >= 11 is 0. The van der Waals surface area contributed by atoms with E-state index in [0.717, 1.165) is 5.69 Å². The lowest BCUT2D eigenvalue weighted by molar-refractivity contribution is 0.0689. The fraction of sp³-hybridized carbons (Fsp3) is 0.143. The van der Waals surface area contributed by atoms with E-state index in [1.807, 2.05) is 25.1 Å². The van der Waals surface area contributed by atoms with Crippen molar-refractivity contribution in [2.45, 2.75) is 13.0 Å². The van der Waals surface area contributed by atoms with Crippen LogP contribution in [0.1, 0.15) is 29.1 Å². The molecule has 1 aromatic heterocycles. The Balaban J connectivity index is 2.26. The van der Waals surface area contributed by atoms with Crippen LogP contribution in [-0.4, -0.2) is 16.1 Å². The fourth-order valence-electron chi connectivity index (χ4n) is 1.68. The highest BCUT2D eigenvalue weighted by Gasteiger charge is 2.15. The summed E-state index contributed by atoms with van der Waals surface area (Å²) in [6.45, 7) is 1.81. The van der Waals surface area contributed by atoms with Gasteiger partial charge in [-0.25, -0.2) is 4.79 Å². The Labute approximate surface area is 110 Å². The van der Waals surface area contributed by atoms with E-state index in [4.69, 9.17) is 15.6 Å². The molecule has 0 spiro atoms. The van der Waals surface area contributed by atoms with Crippen molar-refractivity contribution in [3.63, 3.8) is 0 Å². The predicted octanol–water partition coefficient (Wildman–Crippen LogP) is 2.50. The number of nitrogens with two attached hydrogens (primary N) is 1. The first-order valence-electron chi connectivity index (χ1n) is 5.78. The molecule has 0 saturated heterocycles. The highest BCUT2D eigenvalue weighted by atomic mass is 16.5. The molecule has 5 nitrogen and oxygen atoms in total. The summed E-state index contributed by atoms with van der Waals surface area (Å²) < 4.78 is 5.65. The van der Waals surface area contributed by atoms with E-state index in [-0.39, 0.29) is 17.4 Å². The van der Waals surface area contributed by atoms with E-state index in [1.165, 1.54) is 6.07 Å². The van der Waals surface area contributed by atoms with Gasteiger partial charge in [0.25, 0.3) is 0 Å². The van der Waals surface area contributed by atoms with E-state index < -0.39 is 5.97 Å². The van der Waals surface area contributed by atoms with Crippen molar-refractivity contribution in [2.24, 2.45) is 0 Å². The highest BCUT2D eigenvalue weighted by molar-refractivity contribution is 5.92. The van der Waals surface area contributed by atoms with Crippen molar-refractivity contribution in [3.05, 3.63) is 53.9 Å². The summed E-state index contributed by atoms with van der Waals surface area (Å²) in [4.78, 5) is 15.3. The number of carboxylic acids is 1. The number of nitrogen functional groups attached to an aromatic ring is 1. The number of ether oxygens (including phenoxy) is 1. The van der Waals surface area contributed by atoms with Crippen molar-refractivity contribution < 1.29 is 14.6 Å². The molecule has 0 radical (unpaired) electrons. The summed E-state index contributed by atoms with van der Waals surface area (Å²) in [6.07, 6.45) is 1.32. The number of rotatable bonds is 4. The molecule has 0 aliphatic heterocycles. The minimum atomic E-state index is -1.07. The quantitative estimate of drug-likeness (QED) is 0.823. The Hall–Kier alpha value is -2.56. The summed E-state index contributed by atoms with van der Waals surface area (Å²) in [7, 11) is 0. The van der Waals surface area contributed by atoms with Gasteiger partial charge in [0.1, 0.15) is 17.4 Å². The number of pyridine rings is 1. The molecule has 0 saturated carbocycles. The minimum Gasteiger partial charge on any atom is -0.484 e. The molecule has 5 heteroatoms. The SMILES string of the molecule is CC(Oc1ccc(N)cc1C(=O)O)c1ccccn1. The van der Waals surface area contributed by atoms with Gasteiger partial charge in [-0.05, 0) is 37.3 Å². The van der Waals surface area contributed by atoms with Gasteiger partial charge in [0.2, 0.25) is 0 Å². The summed E-state index contributed by atoms with van der Waals surface area (Å²) in [6, 6.07) is 10.0. The number of hydrogen-bond acceptors (Lipinski definition) is 4. The Kier molecular flexibility index (Phi) is 3.66. The largest absolute Gasteiger partial charge is 0.484 e. The van der Waals surface area contributed by atoms with Crippen LogP contribution in [0, 0.1) is 0 Å². The van der Waals surface area contributed by atoms with Crippen LogP contribution in [0.4, 0.5) is 5.69 Å². The van der Waals surface area contributed by atoms with Crippen molar-refractivity contribution in [1.29, 1.82) is 0 Å². The fourth-order valence-corrected chi connectivity index (χ4v) is 1.68. The van der Waals surface area contributed by atoms with Crippen LogP contribution < -0.4 is 10.5 Å². The molecule has 2 aromatic rings. The normalized spacial score (nSPS) is 11.8. The molecule has 1 atom stereocenters. The second-order valence-corrected chi connectivity index (χ2v) is 4.08. The maximum absolute atomic E-state index is 11.1. The Morgan fingerprint density at radius 3 is 2.79 bits per heavy atom. The van der Waals surface area contributed by atoms with Crippen LogP contribution >= 0.6 is 0 Å². The molecule has 98 valence electrons. The van der Waals surface area contributed by atoms with Crippen LogP contribution in [0.25, 0.3) is 0 Å². The lowest BCUT2D eigenvalue weighted by Gasteiger charge is -2.16. The Morgan fingerprint density at radius 2 is 2.16 bits per heavy atom. The molecule has 1 unspecified atom stereocenters. The van der Waals surface area contributed by atoms with Crippen molar-refractivity contribution >= 4 is 11.7 Å². The second kappa shape index (κ2) is 5.39. The number of carboxylic acid groups (broad SMARTS) is 1.